The highest BCUT2D eigenvalue weighted by Gasteiger charge is 1.95. The molecule has 1 unspecified atom stereocenters. The van der Waals surface area contributed by atoms with Crippen molar-refractivity contribution in [3.05, 3.63) is 0 Å². The highest BCUT2D eigenvalue weighted by atomic mass is 14.8. The predicted molar refractivity (Wildman–Crippen MR) is 50.4 cm³/mol. The number of hydrogen-bond acceptors (Lipinski definition) is 1. The van der Waals surface area contributed by atoms with Gasteiger partial charge in [0.1, 0.15) is 0 Å². The van der Waals surface area contributed by atoms with E-state index in [0.717, 1.165) is 31.8 Å². The summed E-state index contributed by atoms with van der Waals surface area (Å²) in [6, 6.07) is 0. The maximum Gasteiger partial charge on any atom is 0.00981 e. The lowest BCUT2D eigenvalue weighted by molar-refractivity contribution is 0.497. The van der Waals surface area contributed by atoms with Crippen molar-refractivity contribution in [3.63, 3.8) is 0 Å². The number of terminal acetylenes is 1. The Morgan fingerprint density at radius 1 is 1.55 bits per heavy atom. The summed E-state index contributed by atoms with van der Waals surface area (Å²) in [4.78, 5) is 0. The average Bonchev–Trinajstić information content (AvgIpc) is 2.04. The van der Waals surface area contributed by atoms with Gasteiger partial charge in [0, 0.05) is 6.42 Å². The fourth-order valence-electron chi connectivity index (χ4n) is 0.808. The summed E-state index contributed by atoms with van der Waals surface area (Å²) in [6.45, 7) is 6.66. The molecule has 0 aliphatic heterocycles. The van der Waals surface area contributed by atoms with Crippen molar-refractivity contribution in [1.82, 2.24) is 5.32 Å². The van der Waals surface area contributed by atoms with Gasteiger partial charge in [-0.1, -0.05) is 20.3 Å². The van der Waals surface area contributed by atoms with Gasteiger partial charge in [0.15, 0.2) is 0 Å². The van der Waals surface area contributed by atoms with Crippen molar-refractivity contribution in [3.8, 4) is 12.3 Å². The van der Waals surface area contributed by atoms with Gasteiger partial charge in [0.2, 0.25) is 0 Å². The van der Waals surface area contributed by atoms with Gasteiger partial charge >= 0.3 is 0 Å². The molecule has 0 bridgehead atoms. The van der Waals surface area contributed by atoms with Gasteiger partial charge < -0.3 is 5.32 Å². The molecule has 0 saturated heterocycles. The van der Waals surface area contributed by atoms with Gasteiger partial charge in [-0.25, -0.2) is 0 Å². The number of rotatable bonds is 6. The Bertz CT molecular complexity index is 113. The van der Waals surface area contributed by atoms with Crippen LogP contribution >= 0.6 is 0 Å². The van der Waals surface area contributed by atoms with E-state index < -0.39 is 0 Å². The second-order valence-corrected chi connectivity index (χ2v) is 3.03. The largest absolute Gasteiger partial charge is 0.316 e. The van der Waals surface area contributed by atoms with Crippen LogP contribution in [0.5, 0.6) is 0 Å². The monoisotopic (exact) mass is 153 g/mol. The second-order valence-electron chi connectivity index (χ2n) is 3.03. The lowest BCUT2D eigenvalue weighted by Crippen LogP contribution is -2.21. The van der Waals surface area contributed by atoms with Crippen molar-refractivity contribution >= 4 is 0 Å². The van der Waals surface area contributed by atoms with Crippen molar-refractivity contribution in [2.45, 2.75) is 33.1 Å². The minimum absolute atomic E-state index is 0.792. The Labute approximate surface area is 70.6 Å². The average molecular weight is 153 g/mol. The number of hydrogen-bond donors (Lipinski definition) is 1. The van der Waals surface area contributed by atoms with E-state index in [2.05, 4.69) is 25.1 Å². The minimum atomic E-state index is 0.792. The third kappa shape index (κ3) is 7.42. The summed E-state index contributed by atoms with van der Waals surface area (Å²) in [6.07, 6.45) is 8.37. The van der Waals surface area contributed by atoms with Crippen LogP contribution in [0.1, 0.15) is 33.1 Å². The Morgan fingerprint density at radius 2 is 2.27 bits per heavy atom. The number of nitrogens with one attached hydrogen (secondary N) is 1. The molecule has 64 valence electrons. The molecule has 0 aromatic rings. The molecule has 0 aliphatic carbocycles. The first kappa shape index (κ1) is 10.5. The molecule has 0 heterocycles. The zero-order valence-electron chi connectivity index (χ0n) is 7.69. The van der Waals surface area contributed by atoms with Crippen molar-refractivity contribution in [2.24, 2.45) is 5.92 Å². The van der Waals surface area contributed by atoms with Gasteiger partial charge in [0.05, 0.1) is 0 Å². The maximum absolute atomic E-state index is 5.12. The first-order valence-electron chi connectivity index (χ1n) is 4.45. The summed E-state index contributed by atoms with van der Waals surface area (Å²) >= 11 is 0. The van der Waals surface area contributed by atoms with Gasteiger partial charge in [-0.3, -0.25) is 0 Å². The van der Waals surface area contributed by atoms with E-state index in [1.165, 1.54) is 6.42 Å². The van der Waals surface area contributed by atoms with Gasteiger partial charge in [-0.15, -0.1) is 12.3 Å². The van der Waals surface area contributed by atoms with Crippen LogP contribution < -0.4 is 5.32 Å². The van der Waals surface area contributed by atoms with Crippen LogP contribution in [0.15, 0.2) is 0 Å². The smallest absolute Gasteiger partial charge is 0.00981 e. The summed E-state index contributed by atoms with van der Waals surface area (Å²) < 4.78 is 0. The van der Waals surface area contributed by atoms with Crippen LogP contribution in [0.2, 0.25) is 0 Å². The molecular formula is C10H19N. The number of unbranched alkanes of at least 4 members (excludes halogenated alkanes) is 1. The van der Waals surface area contributed by atoms with Gasteiger partial charge in [-0.2, -0.15) is 0 Å². The van der Waals surface area contributed by atoms with E-state index >= 15 is 0 Å². The summed E-state index contributed by atoms with van der Waals surface area (Å²) in [5.74, 6) is 3.42. The highest BCUT2D eigenvalue weighted by Crippen LogP contribution is 1.96. The molecule has 1 N–H and O–H groups in total. The standard InChI is InChI=1S/C10H19N/c1-4-6-7-8-11-9-10(3)5-2/h1,10-11H,5-9H2,2-3H3. The minimum Gasteiger partial charge on any atom is -0.316 e. The van der Waals surface area contributed by atoms with Crippen LogP contribution in [0.25, 0.3) is 0 Å². The molecule has 11 heavy (non-hydrogen) atoms. The fraction of sp³-hybridized carbons (Fsp3) is 0.800. The normalized spacial score (nSPS) is 12.5. The van der Waals surface area contributed by atoms with Crippen LogP contribution in [0.3, 0.4) is 0 Å². The Hall–Kier alpha value is -0.480. The van der Waals surface area contributed by atoms with Crippen molar-refractivity contribution < 1.29 is 0 Å². The first-order chi connectivity index (χ1) is 5.31. The van der Waals surface area contributed by atoms with E-state index in [1.807, 2.05) is 0 Å². The lowest BCUT2D eigenvalue weighted by atomic mass is 10.1. The van der Waals surface area contributed by atoms with Crippen LogP contribution in [-0.4, -0.2) is 13.1 Å². The molecule has 0 aliphatic rings. The third-order valence-electron chi connectivity index (χ3n) is 1.86. The molecule has 0 radical (unpaired) electrons. The van der Waals surface area contributed by atoms with Gasteiger partial charge in [0.25, 0.3) is 0 Å². The van der Waals surface area contributed by atoms with Crippen LogP contribution in [0.4, 0.5) is 0 Å². The second kappa shape index (κ2) is 7.63. The summed E-state index contributed by atoms with van der Waals surface area (Å²) in [5, 5.41) is 3.38. The predicted octanol–water partition coefficient (Wildman–Crippen LogP) is 2.04. The highest BCUT2D eigenvalue weighted by molar-refractivity contribution is 4.83. The molecule has 0 aromatic heterocycles. The molecule has 0 spiro atoms. The zero-order chi connectivity index (χ0) is 8.53. The van der Waals surface area contributed by atoms with Crippen LogP contribution in [-0.2, 0) is 0 Å². The summed E-state index contributed by atoms with van der Waals surface area (Å²) in [7, 11) is 0. The topological polar surface area (TPSA) is 12.0 Å². The first-order valence-corrected chi connectivity index (χ1v) is 4.45. The van der Waals surface area contributed by atoms with E-state index in [4.69, 9.17) is 6.42 Å². The quantitative estimate of drug-likeness (QED) is 0.455. The van der Waals surface area contributed by atoms with E-state index in [9.17, 15) is 0 Å². The van der Waals surface area contributed by atoms with Crippen LogP contribution in [0, 0.1) is 18.3 Å². The Morgan fingerprint density at radius 3 is 2.82 bits per heavy atom. The lowest BCUT2D eigenvalue weighted by Gasteiger charge is -2.08. The Balaban J connectivity index is 2.97. The third-order valence-corrected chi connectivity index (χ3v) is 1.86. The maximum atomic E-state index is 5.12. The SMILES string of the molecule is C#CCCCNCC(C)CC. The molecule has 0 rings (SSSR count). The van der Waals surface area contributed by atoms with Gasteiger partial charge in [-0.05, 0) is 25.4 Å². The van der Waals surface area contributed by atoms with Crippen molar-refractivity contribution in [2.75, 3.05) is 13.1 Å². The van der Waals surface area contributed by atoms with E-state index in [0.29, 0.717) is 0 Å². The summed E-state index contributed by atoms with van der Waals surface area (Å²) in [5.41, 5.74) is 0. The molecule has 1 nitrogen and oxygen atoms in total. The van der Waals surface area contributed by atoms with Crippen molar-refractivity contribution in [1.29, 1.82) is 0 Å². The van der Waals surface area contributed by atoms with E-state index in [1.54, 1.807) is 0 Å². The molecule has 0 saturated carbocycles. The molecular weight excluding hydrogens is 134 g/mol. The zero-order valence-corrected chi connectivity index (χ0v) is 7.69. The molecule has 0 amide bonds. The molecule has 1 atom stereocenters. The Kier molecular flexibility index (Phi) is 7.29. The van der Waals surface area contributed by atoms with E-state index in [-0.39, 0.29) is 0 Å². The molecule has 0 aromatic carbocycles. The molecule has 0 fully saturated rings. The fourth-order valence-corrected chi connectivity index (χ4v) is 0.808. The molecule has 1 heteroatoms.